The highest BCUT2D eigenvalue weighted by molar-refractivity contribution is 6.35. The Labute approximate surface area is 136 Å². The molecule has 0 fully saturated rings. The van der Waals surface area contributed by atoms with Gasteiger partial charge >= 0.3 is 0 Å². The summed E-state index contributed by atoms with van der Waals surface area (Å²) in [5.41, 5.74) is 1.67. The van der Waals surface area contributed by atoms with Crippen LogP contribution in [-0.2, 0) is 0 Å². The minimum absolute atomic E-state index is 0.337. The van der Waals surface area contributed by atoms with Crippen LogP contribution in [-0.4, -0.2) is 14.6 Å². The molecule has 0 amide bonds. The van der Waals surface area contributed by atoms with Crippen LogP contribution < -0.4 is 4.74 Å². The van der Waals surface area contributed by atoms with E-state index in [0.29, 0.717) is 27.0 Å². The fourth-order valence-electron chi connectivity index (χ4n) is 2.12. The van der Waals surface area contributed by atoms with E-state index in [0.717, 1.165) is 5.69 Å². The second-order valence-electron chi connectivity index (χ2n) is 4.61. The van der Waals surface area contributed by atoms with E-state index in [4.69, 9.17) is 33.2 Å². The molecule has 0 saturated heterocycles. The first-order chi connectivity index (χ1) is 10.6. The van der Waals surface area contributed by atoms with Crippen LogP contribution in [0.3, 0.4) is 0 Å². The highest BCUT2D eigenvalue weighted by Gasteiger charge is 2.16. The summed E-state index contributed by atoms with van der Waals surface area (Å²) in [4.78, 5) is 4.17. The van der Waals surface area contributed by atoms with Gasteiger partial charge in [0.05, 0.1) is 16.9 Å². The van der Waals surface area contributed by atoms with E-state index in [1.54, 1.807) is 35.0 Å². The lowest BCUT2D eigenvalue weighted by molar-refractivity contribution is 0.219. The molecule has 3 aromatic rings. The Kier molecular flexibility index (Phi) is 3.88. The van der Waals surface area contributed by atoms with Gasteiger partial charge in [0.25, 0.3) is 0 Å². The van der Waals surface area contributed by atoms with Crippen molar-refractivity contribution in [3.8, 4) is 11.8 Å². The lowest BCUT2D eigenvalue weighted by Crippen LogP contribution is -2.10. The van der Waals surface area contributed by atoms with Gasteiger partial charge in [0.2, 0.25) is 0 Å². The van der Waals surface area contributed by atoms with E-state index in [9.17, 15) is 0 Å². The third-order valence-electron chi connectivity index (χ3n) is 3.17. The molecule has 2 aromatic heterocycles. The van der Waals surface area contributed by atoms with Crippen molar-refractivity contribution in [2.75, 3.05) is 0 Å². The van der Waals surface area contributed by atoms with Crippen LogP contribution in [0.2, 0.25) is 10.0 Å². The molecule has 0 aliphatic heterocycles. The molecule has 3 rings (SSSR count). The average Bonchev–Trinajstić information content (AvgIpc) is 2.93. The van der Waals surface area contributed by atoms with Gasteiger partial charge in [0, 0.05) is 11.2 Å². The molecule has 5 nitrogen and oxygen atoms in total. The van der Waals surface area contributed by atoms with Crippen LogP contribution in [0.25, 0.3) is 5.65 Å². The van der Waals surface area contributed by atoms with Crippen molar-refractivity contribution in [2.45, 2.75) is 13.0 Å². The molecule has 1 atom stereocenters. The predicted octanol–water partition coefficient (Wildman–Crippen LogP) is 4.05. The Bertz CT molecular complexity index is 885. The van der Waals surface area contributed by atoms with Crippen molar-refractivity contribution in [3.05, 3.63) is 58.0 Å². The molecule has 22 heavy (non-hydrogen) atoms. The maximum absolute atomic E-state index is 9.05. The summed E-state index contributed by atoms with van der Waals surface area (Å²) in [6.45, 7) is 1.87. The number of nitrogens with zero attached hydrogens (tertiary/aromatic N) is 4. The summed E-state index contributed by atoms with van der Waals surface area (Å²) in [7, 11) is 0. The van der Waals surface area contributed by atoms with Crippen molar-refractivity contribution < 1.29 is 4.74 Å². The van der Waals surface area contributed by atoms with Crippen molar-refractivity contribution in [1.29, 1.82) is 5.26 Å². The normalized spacial score (nSPS) is 12.1. The number of hydrogen-bond donors (Lipinski definition) is 0. The highest BCUT2D eigenvalue weighted by atomic mass is 35.5. The van der Waals surface area contributed by atoms with Crippen LogP contribution in [0, 0.1) is 11.3 Å². The molecule has 2 heterocycles. The van der Waals surface area contributed by atoms with E-state index in [-0.39, 0.29) is 6.10 Å². The van der Waals surface area contributed by atoms with E-state index in [1.807, 2.05) is 6.92 Å². The van der Waals surface area contributed by atoms with Crippen LogP contribution in [0.4, 0.5) is 0 Å². The Morgan fingerprint density at radius 1 is 1.32 bits per heavy atom. The van der Waals surface area contributed by atoms with Gasteiger partial charge in [-0.15, -0.1) is 0 Å². The second-order valence-corrected chi connectivity index (χ2v) is 5.45. The average molecular weight is 333 g/mol. The Hall–Kier alpha value is -2.29. The number of fused-ring (bicyclic) bond motifs is 1. The van der Waals surface area contributed by atoms with Gasteiger partial charge in [-0.05, 0) is 31.2 Å². The molecule has 110 valence electrons. The minimum Gasteiger partial charge on any atom is -0.483 e. The number of halogens is 2. The standard InChI is InChI=1S/C15H10Cl2N4O/c1-9(22-14-3-2-11(16)6-12(14)17)13-4-5-19-15-10(7-18)8-20-21(13)15/h2-6,8-9H,1H3/t9-/m1/s1. The monoisotopic (exact) mass is 332 g/mol. The maximum Gasteiger partial charge on any atom is 0.173 e. The number of nitriles is 1. The van der Waals surface area contributed by atoms with Crippen molar-refractivity contribution in [3.63, 3.8) is 0 Å². The maximum atomic E-state index is 9.05. The summed E-state index contributed by atoms with van der Waals surface area (Å²) in [6, 6.07) is 8.89. The lowest BCUT2D eigenvalue weighted by Gasteiger charge is -2.16. The second kappa shape index (κ2) is 5.84. The molecule has 7 heteroatoms. The zero-order valence-electron chi connectivity index (χ0n) is 11.5. The summed E-state index contributed by atoms with van der Waals surface area (Å²) >= 11 is 12.0. The van der Waals surface area contributed by atoms with E-state index in [1.165, 1.54) is 6.20 Å². The van der Waals surface area contributed by atoms with E-state index in [2.05, 4.69) is 16.2 Å². The Morgan fingerprint density at radius 3 is 2.86 bits per heavy atom. The molecule has 0 aliphatic carbocycles. The SMILES string of the molecule is C[C@@H](Oc1ccc(Cl)cc1Cl)c1ccnc2c(C#N)cnn12. The number of rotatable bonds is 3. The molecule has 0 spiro atoms. The smallest absolute Gasteiger partial charge is 0.173 e. The van der Waals surface area contributed by atoms with Crippen LogP contribution in [0.15, 0.2) is 36.7 Å². The summed E-state index contributed by atoms with van der Waals surface area (Å²) in [5.74, 6) is 0.524. The van der Waals surface area contributed by atoms with Gasteiger partial charge in [0.15, 0.2) is 5.65 Å². The van der Waals surface area contributed by atoms with E-state index >= 15 is 0 Å². The van der Waals surface area contributed by atoms with Gasteiger partial charge in [-0.25, -0.2) is 9.50 Å². The van der Waals surface area contributed by atoms with Crippen molar-refractivity contribution in [2.24, 2.45) is 0 Å². The fraction of sp³-hybridized carbons (Fsp3) is 0.133. The number of hydrogen-bond acceptors (Lipinski definition) is 4. The summed E-state index contributed by atoms with van der Waals surface area (Å²) < 4.78 is 7.47. The molecular weight excluding hydrogens is 323 g/mol. The van der Waals surface area contributed by atoms with Crippen LogP contribution >= 0.6 is 23.2 Å². The first-order valence-corrected chi connectivity index (χ1v) is 7.20. The van der Waals surface area contributed by atoms with Crippen LogP contribution in [0.1, 0.15) is 24.3 Å². The molecule has 0 unspecified atom stereocenters. The van der Waals surface area contributed by atoms with Gasteiger partial charge in [-0.1, -0.05) is 23.2 Å². The minimum atomic E-state index is -0.337. The molecule has 0 radical (unpaired) electrons. The predicted molar refractivity (Wildman–Crippen MR) is 83.2 cm³/mol. The topological polar surface area (TPSA) is 63.2 Å². The van der Waals surface area contributed by atoms with E-state index < -0.39 is 0 Å². The molecule has 0 bridgehead atoms. The number of benzene rings is 1. The first kappa shape index (κ1) is 14.6. The van der Waals surface area contributed by atoms with Crippen molar-refractivity contribution >= 4 is 28.8 Å². The van der Waals surface area contributed by atoms with Gasteiger partial charge in [-0.3, -0.25) is 0 Å². The first-order valence-electron chi connectivity index (χ1n) is 6.44. The van der Waals surface area contributed by atoms with Gasteiger partial charge < -0.3 is 4.74 Å². The number of ether oxygens (including phenoxy) is 1. The fourth-order valence-corrected chi connectivity index (χ4v) is 2.57. The summed E-state index contributed by atoms with van der Waals surface area (Å²) in [6.07, 6.45) is 2.76. The highest BCUT2D eigenvalue weighted by Crippen LogP contribution is 2.31. The quantitative estimate of drug-likeness (QED) is 0.725. The van der Waals surface area contributed by atoms with Crippen molar-refractivity contribution in [1.82, 2.24) is 14.6 Å². The molecule has 1 aromatic carbocycles. The molecular formula is C15H10Cl2N4O. The Balaban J connectivity index is 1.97. The lowest BCUT2D eigenvalue weighted by atomic mass is 10.2. The summed E-state index contributed by atoms with van der Waals surface area (Å²) in [5, 5.41) is 14.2. The molecule has 0 saturated carbocycles. The number of aromatic nitrogens is 3. The van der Waals surface area contributed by atoms with Gasteiger partial charge in [0.1, 0.15) is 23.5 Å². The third kappa shape index (κ3) is 2.59. The Morgan fingerprint density at radius 2 is 2.14 bits per heavy atom. The van der Waals surface area contributed by atoms with Crippen LogP contribution in [0.5, 0.6) is 5.75 Å². The zero-order chi connectivity index (χ0) is 15.7. The zero-order valence-corrected chi connectivity index (χ0v) is 13.0. The van der Waals surface area contributed by atoms with Gasteiger partial charge in [-0.2, -0.15) is 10.4 Å². The largest absolute Gasteiger partial charge is 0.483 e. The molecule has 0 N–H and O–H groups in total. The molecule has 0 aliphatic rings. The third-order valence-corrected chi connectivity index (χ3v) is 3.70.